The van der Waals surface area contributed by atoms with Crippen molar-refractivity contribution < 1.29 is 19.4 Å². The maximum atomic E-state index is 12.9. The molecule has 29 heavy (non-hydrogen) atoms. The molecule has 0 spiro atoms. The van der Waals surface area contributed by atoms with Crippen molar-refractivity contribution in [3.63, 3.8) is 0 Å². The van der Waals surface area contributed by atoms with Gasteiger partial charge in [0.25, 0.3) is 0 Å². The third-order valence-electron chi connectivity index (χ3n) is 6.55. The van der Waals surface area contributed by atoms with Gasteiger partial charge in [0.15, 0.2) is 5.54 Å². The van der Waals surface area contributed by atoms with Crippen LogP contribution in [0.5, 0.6) is 0 Å². The number of hydrogen-bond acceptors (Lipinski definition) is 4. The summed E-state index contributed by atoms with van der Waals surface area (Å²) in [7, 11) is 3.40. The lowest BCUT2D eigenvalue weighted by Crippen LogP contribution is -2.57. The van der Waals surface area contributed by atoms with E-state index in [0.717, 1.165) is 22.3 Å². The number of hydrogen-bond donors (Lipinski definition) is 1. The van der Waals surface area contributed by atoms with Crippen LogP contribution in [0.15, 0.2) is 48.5 Å². The summed E-state index contributed by atoms with van der Waals surface area (Å²) in [6.45, 7) is 2.43. The molecule has 2 aromatic carbocycles. The Morgan fingerprint density at radius 2 is 1.69 bits per heavy atom. The fraction of sp³-hybridized carbons (Fsp3) is 0.391. The third-order valence-corrected chi connectivity index (χ3v) is 6.55. The van der Waals surface area contributed by atoms with Crippen LogP contribution in [0, 0.1) is 0 Å². The van der Waals surface area contributed by atoms with Crippen molar-refractivity contribution in [1.29, 1.82) is 0 Å². The molecule has 0 radical (unpaired) electrons. The van der Waals surface area contributed by atoms with E-state index in [4.69, 9.17) is 4.74 Å². The Hall–Kier alpha value is -2.86. The van der Waals surface area contributed by atoms with Gasteiger partial charge in [-0.15, -0.1) is 0 Å². The second-order valence-corrected chi connectivity index (χ2v) is 8.17. The standard InChI is InChI=1S/C23H26N2O4/c1-15-12-23(21(26)27,14-24(15)2)25(3)22(28)29-13-20-18-10-6-4-8-16(18)17-9-5-7-11-19(17)20/h4-11,15,20H,12-14H2,1-3H3,(H,26,27). The summed E-state index contributed by atoms with van der Waals surface area (Å²) in [6.07, 6.45) is -0.226. The summed E-state index contributed by atoms with van der Waals surface area (Å²) in [6, 6.07) is 16.3. The third kappa shape index (κ3) is 3.08. The van der Waals surface area contributed by atoms with Crippen LogP contribution < -0.4 is 0 Å². The smallest absolute Gasteiger partial charge is 0.410 e. The van der Waals surface area contributed by atoms with Crippen molar-refractivity contribution in [3.8, 4) is 11.1 Å². The monoisotopic (exact) mass is 394 g/mol. The van der Waals surface area contributed by atoms with Crippen LogP contribution in [-0.2, 0) is 9.53 Å². The molecule has 0 aromatic heterocycles. The summed E-state index contributed by atoms with van der Waals surface area (Å²) in [5.41, 5.74) is 3.31. The van der Waals surface area contributed by atoms with Crippen LogP contribution in [-0.4, -0.2) is 65.8 Å². The highest BCUT2D eigenvalue weighted by Gasteiger charge is 2.52. The first-order chi connectivity index (χ1) is 13.8. The van der Waals surface area contributed by atoms with E-state index >= 15 is 0 Å². The van der Waals surface area contributed by atoms with Crippen molar-refractivity contribution in [3.05, 3.63) is 59.7 Å². The Bertz CT molecular complexity index is 902. The second-order valence-electron chi connectivity index (χ2n) is 8.17. The molecule has 1 heterocycles. The predicted molar refractivity (Wildman–Crippen MR) is 110 cm³/mol. The first-order valence-electron chi connectivity index (χ1n) is 9.87. The van der Waals surface area contributed by atoms with E-state index in [1.165, 1.54) is 11.9 Å². The van der Waals surface area contributed by atoms with Gasteiger partial charge >= 0.3 is 12.1 Å². The Balaban J connectivity index is 1.54. The van der Waals surface area contributed by atoms with Gasteiger partial charge in [-0.1, -0.05) is 48.5 Å². The van der Waals surface area contributed by atoms with E-state index in [9.17, 15) is 14.7 Å². The SMILES string of the molecule is CC1CC(C(=O)O)(N(C)C(=O)OCC2c3ccccc3-c3ccccc32)CN1C. The minimum atomic E-state index is -1.27. The average molecular weight is 394 g/mol. The molecule has 2 aliphatic rings. The number of likely N-dealkylation sites (N-methyl/N-ethyl adjacent to an activating group) is 2. The first-order valence-corrected chi connectivity index (χ1v) is 9.87. The van der Waals surface area contributed by atoms with Gasteiger partial charge in [0.05, 0.1) is 0 Å². The van der Waals surface area contributed by atoms with Gasteiger partial charge in [0, 0.05) is 25.6 Å². The molecule has 1 fully saturated rings. The Morgan fingerprint density at radius 3 is 2.17 bits per heavy atom. The van der Waals surface area contributed by atoms with Crippen LogP contribution in [0.3, 0.4) is 0 Å². The van der Waals surface area contributed by atoms with E-state index in [1.54, 1.807) is 0 Å². The Kier molecular flexibility index (Phi) is 4.82. The van der Waals surface area contributed by atoms with Crippen molar-refractivity contribution in [2.24, 2.45) is 0 Å². The van der Waals surface area contributed by atoms with E-state index in [0.29, 0.717) is 6.42 Å². The Labute approximate surface area is 170 Å². The number of carboxylic acid groups (broad SMARTS) is 1. The minimum absolute atomic E-state index is 0.0503. The fourth-order valence-corrected chi connectivity index (χ4v) is 4.68. The number of fused-ring (bicyclic) bond motifs is 3. The molecule has 0 bridgehead atoms. The lowest BCUT2D eigenvalue weighted by molar-refractivity contribution is -0.149. The molecule has 6 heteroatoms. The first kappa shape index (κ1) is 19.5. The lowest BCUT2D eigenvalue weighted by Gasteiger charge is -2.34. The average Bonchev–Trinajstić information content (AvgIpc) is 3.21. The molecule has 6 nitrogen and oxygen atoms in total. The zero-order valence-electron chi connectivity index (χ0n) is 17.0. The number of rotatable bonds is 4. The van der Waals surface area contributed by atoms with Gasteiger partial charge in [-0.3, -0.25) is 4.90 Å². The van der Waals surface area contributed by atoms with Crippen LogP contribution >= 0.6 is 0 Å². The number of carbonyl (C=O) groups is 2. The number of likely N-dealkylation sites (tertiary alicyclic amines) is 1. The topological polar surface area (TPSA) is 70.1 Å². The van der Waals surface area contributed by atoms with Gasteiger partial charge in [-0.05, 0) is 42.6 Å². The highest BCUT2D eigenvalue weighted by atomic mass is 16.6. The van der Waals surface area contributed by atoms with Crippen LogP contribution in [0.1, 0.15) is 30.4 Å². The zero-order chi connectivity index (χ0) is 20.8. The summed E-state index contributed by atoms with van der Waals surface area (Å²) >= 11 is 0. The molecule has 1 amide bonds. The van der Waals surface area contributed by atoms with Crippen molar-refractivity contribution in [2.75, 3.05) is 27.2 Å². The minimum Gasteiger partial charge on any atom is -0.479 e. The van der Waals surface area contributed by atoms with Crippen molar-refractivity contribution in [1.82, 2.24) is 9.80 Å². The van der Waals surface area contributed by atoms with Crippen LogP contribution in [0.2, 0.25) is 0 Å². The largest absolute Gasteiger partial charge is 0.479 e. The molecule has 1 aliphatic carbocycles. The molecular weight excluding hydrogens is 368 g/mol. The molecule has 152 valence electrons. The molecule has 2 unspecified atom stereocenters. The maximum Gasteiger partial charge on any atom is 0.410 e. The number of benzene rings is 2. The number of carbonyl (C=O) groups excluding carboxylic acids is 1. The summed E-state index contributed by atoms with van der Waals surface area (Å²) < 4.78 is 5.66. The predicted octanol–water partition coefficient (Wildman–Crippen LogP) is 3.41. The normalized spacial score (nSPS) is 23.5. The molecule has 1 N–H and O–H groups in total. The van der Waals surface area contributed by atoms with Crippen LogP contribution in [0.25, 0.3) is 11.1 Å². The quantitative estimate of drug-likeness (QED) is 0.861. The molecule has 0 saturated carbocycles. The number of amides is 1. The molecule has 1 aliphatic heterocycles. The van der Waals surface area contributed by atoms with Gasteiger partial charge in [-0.2, -0.15) is 0 Å². The second kappa shape index (κ2) is 7.19. The summed E-state index contributed by atoms with van der Waals surface area (Å²) in [5.74, 6) is -1.05. The van der Waals surface area contributed by atoms with Gasteiger partial charge in [0.1, 0.15) is 6.61 Å². The molecular formula is C23H26N2O4. The molecule has 2 atom stereocenters. The van der Waals surface area contributed by atoms with E-state index in [1.807, 2.05) is 43.1 Å². The Morgan fingerprint density at radius 1 is 1.14 bits per heavy atom. The number of aliphatic carboxylic acids is 1. The van der Waals surface area contributed by atoms with E-state index in [2.05, 4.69) is 24.3 Å². The van der Waals surface area contributed by atoms with Gasteiger partial charge in [0.2, 0.25) is 0 Å². The summed E-state index contributed by atoms with van der Waals surface area (Å²) in [4.78, 5) is 28.2. The molecule has 4 rings (SSSR count). The van der Waals surface area contributed by atoms with Gasteiger partial charge in [-0.25, -0.2) is 9.59 Å². The van der Waals surface area contributed by atoms with Crippen LogP contribution in [0.4, 0.5) is 4.79 Å². The lowest BCUT2D eigenvalue weighted by atomic mass is 9.95. The highest BCUT2D eigenvalue weighted by molar-refractivity contribution is 5.85. The van der Waals surface area contributed by atoms with Gasteiger partial charge < -0.3 is 14.7 Å². The molecule has 1 saturated heterocycles. The van der Waals surface area contributed by atoms with E-state index < -0.39 is 17.6 Å². The number of ether oxygens (including phenoxy) is 1. The maximum absolute atomic E-state index is 12.9. The fourth-order valence-electron chi connectivity index (χ4n) is 4.68. The van der Waals surface area contributed by atoms with Crippen molar-refractivity contribution in [2.45, 2.75) is 30.8 Å². The summed E-state index contributed by atoms with van der Waals surface area (Å²) in [5, 5.41) is 9.88. The molecule has 2 aromatic rings. The number of nitrogens with zero attached hydrogens (tertiary/aromatic N) is 2. The number of carboxylic acids is 1. The zero-order valence-corrected chi connectivity index (χ0v) is 17.0. The van der Waals surface area contributed by atoms with Crippen molar-refractivity contribution >= 4 is 12.1 Å². The van der Waals surface area contributed by atoms with E-state index in [-0.39, 0.29) is 25.1 Å². The highest BCUT2D eigenvalue weighted by Crippen LogP contribution is 2.44.